The highest BCUT2D eigenvalue weighted by atomic mass is 16.5. The molecule has 2 heterocycles. The molecule has 1 aliphatic rings. The second kappa shape index (κ2) is 6.28. The molecule has 0 aliphatic carbocycles. The fourth-order valence-corrected chi connectivity index (χ4v) is 2.81. The Hall–Kier alpha value is -1.86. The molecule has 0 fully saturated rings. The van der Waals surface area contributed by atoms with Crippen LogP contribution in [0.4, 0.5) is 0 Å². The van der Waals surface area contributed by atoms with Crippen molar-refractivity contribution in [1.29, 1.82) is 0 Å². The predicted octanol–water partition coefficient (Wildman–Crippen LogP) is 0.462. The quantitative estimate of drug-likeness (QED) is 0.625. The molecule has 116 valence electrons. The Labute approximate surface area is 124 Å². The van der Waals surface area contributed by atoms with Crippen molar-refractivity contribution in [2.45, 2.75) is 25.9 Å². The number of nitrogens with one attached hydrogen (secondary N) is 1. The lowest BCUT2D eigenvalue weighted by Crippen LogP contribution is -2.45. The first-order valence-electron chi connectivity index (χ1n) is 7.06. The van der Waals surface area contributed by atoms with E-state index >= 15 is 0 Å². The van der Waals surface area contributed by atoms with Crippen LogP contribution in [0.3, 0.4) is 0 Å². The molecule has 0 aromatic carbocycles. The Morgan fingerprint density at radius 1 is 1.43 bits per heavy atom. The van der Waals surface area contributed by atoms with E-state index in [9.17, 15) is 9.59 Å². The van der Waals surface area contributed by atoms with Crippen LogP contribution in [0.25, 0.3) is 0 Å². The summed E-state index contributed by atoms with van der Waals surface area (Å²) in [6.45, 7) is 3.69. The second-order valence-electron chi connectivity index (χ2n) is 5.54. The molecule has 0 saturated carbocycles. The van der Waals surface area contributed by atoms with Gasteiger partial charge in [-0.2, -0.15) is 0 Å². The van der Waals surface area contributed by atoms with E-state index in [4.69, 9.17) is 5.21 Å². The lowest BCUT2D eigenvalue weighted by atomic mass is 10.1. The van der Waals surface area contributed by atoms with Gasteiger partial charge in [0.1, 0.15) is 0 Å². The molecule has 2 N–H and O–H groups in total. The molecule has 2 rings (SSSR count). The molecule has 1 aromatic heterocycles. The summed E-state index contributed by atoms with van der Waals surface area (Å²) in [5, 5.41) is 8.73. The summed E-state index contributed by atoms with van der Waals surface area (Å²) >= 11 is 0. The normalized spacial score (nSPS) is 17.8. The van der Waals surface area contributed by atoms with E-state index in [1.165, 1.54) is 0 Å². The molecule has 0 radical (unpaired) electrons. The maximum Gasteiger partial charge on any atom is 0.276 e. The maximum atomic E-state index is 12.3. The van der Waals surface area contributed by atoms with Crippen LogP contribution in [0.15, 0.2) is 12.3 Å². The van der Waals surface area contributed by atoms with Gasteiger partial charge in [-0.15, -0.1) is 0 Å². The number of likely N-dealkylation sites (N-methyl/N-ethyl adjacent to an activating group) is 1. The number of rotatable bonds is 4. The highest BCUT2D eigenvalue weighted by Gasteiger charge is 2.31. The van der Waals surface area contributed by atoms with Gasteiger partial charge in [-0.05, 0) is 26.6 Å². The highest BCUT2D eigenvalue weighted by Crippen LogP contribution is 2.30. The average Bonchev–Trinajstić information content (AvgIpc) is 2.88. The zero-order chi connectivity index (χ0) is 15.6. The fourth-order valence-electron chi connectivity index (χ4n) is 2.81. The number of carbonyl (C=O) groups is 2. The van der Waals surface area contributed by atoms with E-state index in [1.54, 1.807) is 17.7 Å². The van der Waals surface area contributed by atoms with E-state index < -0.39 is 5.91 Å². The van der Waals surface area contributed by atoms with Crippen LogP contribution in [-0.4, -0.2) is 58.6 Å². The summed E-state index contributed by atoms with van der Waals surface area (Å²) < 4.78 is 1.98. The van der Waals surface area contributed by atoms with Crippen LogP contribution in [0.2, 0.25) is 0 Å². The maximum absolute atomic E-state index is 12.3. The summed E-state index contributed by atoms with van der Waals surface area (Å²) in [5.41, 5.74) is 2.99. The van der Waals surface area contributed by atoms with E-state index in [0.717, 1.165) is 12.1 Å². The van der Waals surface area contributed by atoms with Gasteiger partial charge in [0, 0.05) is 25.0 Å². The molecule has 7 nitrogen and oxygen atoms in total. The molecule has 21 heavy (non-hydrogen) atoms. The molecule has 1 aliphatic heterocycles. The van der Waals surface area contributed by atoms with Crippen molar-refractivity contribution in [3.8, 4) is 0 Å². The van der Waals surface area contributed by atoms with Crippen molar-refractivity contribution in [3.63, 3.8) is 0 Å². The van der Waals surface area contributed by atoms with E-state index in [1.807, 2.05) is 35.4 Å². The Kier molecular flexibility index (Phi) is 4.64. The van der Waals surface area contributed by atoms with E-state index in [2.05, 4.69) is 0 Å². The third kappa shape index (κ3) is 3.08. The molecule has 1 aromatic rings. The van der Waals surface area contributed by atoms with Gasteiger partial charge in [-0.3, -0.25) is 14.8 Å². The minimum atomic E-state index is -0.530. The van der Waals surface area contributed by atoms with Crippen molar-refractivity contribution in [2.75, 3.05) is 27.2 Å². The second-order valence-corrected chi connectivity index (χ2v) is 5.54. The van der Waals surface area contributed by atoms with Gasteiger partial charge < -0.3 is 14.4 Å². The van der Waals surface area contributed by atoms with Gasteiger partial charge in [-0.25, -0.2) is 5.48 Å². The van der Waals surface area contributed by atoms with Gasteiger partial charge in [0.2, 0.25) is 5.91 Å². The number of amides is 2. The molecule has 2 amide bonds. The zero-order valence-electron chi connectivity index (χ0n) is 12.7. The number of carbonyl (C=O) groups excluding carboxylic acids is 2. The summed E-state index contributed by atoms with van der Waals surface area (Å²) in [5.74, 6) is -0.439. The molecule has 1 atom stereocenters. The number of aromatic nitrogens is 1. The lowest BCUT2D eigenvalue weighted by molar-refractivity contribution is -0.135. The van der Waals surface area contributed by atoms with Gasteiger partial charge in [0.15, 0.2) is 0 Å². The number of hydrogen-bond acceptors (Lipinski definition) is 4. The van der Waals surface area contributed by atoms with Crippen molar-refractivity contribution >= 4 is 11.8 Å². The predicted molar refractivity (Wildman–Crippen MR) is 77.0 cm³/mol. The topological polar surface area (TPSA) is 77.8 Å². The van der Waals surface area contributed by atoms with Crippen molar-refractivity contribution in [2.24, 2.45) is 0 Å². The van der Waals surface area contributed by atoms with E-state index in [0.29, 0.717) is 25.2 Å². The summed E-state index contributed by atoms with van der Waals surface area (Å²) in [6.07, 6.45) is 2.50. The van der Waals surface area contributed by atoms with Gasteiger partial charge in [-0.1, -0.05) is 6.92 Å². The summed E-state index contributed by atoms with van der Waals surface area (Å²) in [4.78, 5) is 27.6. The van der Waals surface area contributed by atoms with Crippen molar-refractivity contribution in [3.05, 3.63) is 23.5 Å². The molecule has 0 saturated heterocycles. The Balaban J connectivity index is 2.26. The Morgan fingerprint density at radius 3 is 2.71 bits per heavy atom. The number of nitrogens with zero attached hydrogens (tertiary/aromatic N) is 3. The Morgan fingerprint density at radius 2 is 2.14 bits per heavy atom. The Bertz CT molecular complexity index is 538. The van der Waals surface area contributed by atoms with Crippen LogP contribution >= 0.6 is 0 Å². The van der Waals surface area contributed by atoms with Crippen LogP contribution in [-0.2, 0) is 11.3 Å². The number of hydroxylamine groups is 1. The van der Waals surface area contributed by atoms with Crippen LogP contribution < -0.4 is 5.48 Å². The van der Waals surface area contributed by atoms with Crippen molar-refractivity contribution < 1.29 is 14.8 Å². The zero-order valence-corrected chi connectivity index (χ0v) is 12.7. The fraction of sp³-hybridized carbons (Fsp3) is 0.571. The first-order chi connectivity index (χ1) is 9.97. The van der Waals surface area contributed by atoms with Gasteiger partial charge in [0.25, 0.3) is 5.91 Å². The molecular formula is C14H22N4O3. The molecule has 1 unspecified atom stereocenters. The third-order valence-corrected chi connectivity index (χ3v) is 3.75. The standard InChI is InChI=1S/C14H22N4O3/c1-4-11-12-7-10(14(20)15-21)8-17(12)5-6-18(11)13(19)9-16(2)3/h7-8,11,21H,4-6,9H2,1-3H3,(H,15,20). The third-order valence-electron chi connectivity index (χ3n) is 3.75. The first-order valence-corrected chi connectivity index (χ1v) is 7.06. The van der Waals surface area contributed by atoms with Crippen LogP contribution in [0, 0.1) is 0 Å². The minimum Gasteiger partial charge on any atom is -0.347 e. The largest absolute Gasteiger partial charge is 0.347 e. The molecule has 0 spiro atoms. The average molecular weight is 294 g/mol. The molecule has 0 bridgehead atoms. The van der Waals surface area contributed by atoms with Gasteiger partial charge >= 0.3 is 0 Å². The lowest BCUT2D eigenvalue weighted by Gasteiger charge is -2.37. The summed E-state index contributed by atoms with van der Waals surface area (Å²) in [6, 6.07) is 1.71. The van der Waals surface area contributed by atoms with E-state index in [-0.39, 0.29) is 11.9 Å². The number of fused-ring (bicyclic) bond motifs is 1. The highest BCUT2D eigenvalue weighted by molar-refractivity contribution is 5.93. The molecule has 7 heteroatoms. The molecular weight excluding hydrogens is 272 g/mol. The SMILES string of the molecule is CCC1c2cc(C(=O)NO)cn2CCN1C(=O)CN(C)C. The monoisotopic (exact) mass is 294 g/mol. The summed E-state index contributed by atoms with van der Waals surface area (Å²) in [7, 11) is 3.74. The minimum absolute atomic E-state index is 0.0357. The van der Waals surface area contributed by atoms with Crippen molar-refractivity contribution in [1.82, 2.24) is 19.8 Å². The van der Waals surface area contributed by atoms with Crippen LogP contribution in [0.1, 0.15) is 35.4 Å². The number of hydrogen-bond donors (Lipinski definition) is 2. The van der Waals surface area contributed by atoms with Gasteiger partial charge in [0.05, 0.1) is 18.2 Å². The van der Waals surface area contributed by atoms with Crippen LogP contribution in [0.5, 0.6) is 0 Å². The smallest absolute Gasteiger partial charge is 0.276 e. The first kappa shape index (κ1) is 15.5.